The fraction of sp³-hybridized carbons (Fsp3) is 0.0645. The van der Waals surface area contributed by atoms with E-state index in [2.05, 4.69) is 104 Å². The van der Waals surface area contributed by atoms with Gasteiger partial charge in [0.1, 0.15) is 0 Å². The maximum absolute atomic E-state index is 3.42. The van der Waals surface area contributed by atoms with E-state index in [1.165, 1.54) is 61.6 Å². The van der Waals surface area contributed by atoms with Crippen LogP contribution in [-0.4, -0.2) is 0 Å². The average Bonchev–Trinajstić information content (AvgIpc) is 3.36. The fourth-order valence-corrected chi connectivity index (χ4v) is 5.20. The second-order valence-electron chi connectivity index (χ2n) is 8.58. The molecule has 2 aromatic rings. The lowest BCUT2D eigenvalue weighted by atomic mass is 9.82. The predicted octanol–water partition coefficient (Wildman–Crippen LogP) is 7.37. The first-order valence-electron chi connectivity index (χ1n) is 11.1. The molecule has 1 nitrogen and oxygen atoms in total. The number of nitrogens with one attached hydrogen (secondary N) is 1. The summed E-state index contributed by atoms with van der Waals surface area (Å²) in [7, 11) is 0. The molecular formula is C31H24N. The Morgan fingerprint density at radius 3 is 2.34 bits per heavy atom. The van der Waals surface area contributed by atoms with E-state index in [4.69, 9.17) is 0 Å². The second kappa shape index (κ2) is 7.39. The Balaban J connectivity index is 1.38. The van der Waals surface area contributed by atoms with Crippen LogP contribution in [0.25, 0.3) is 17.2 Å². The van der Waals surface area contributed by atoms with Crippen molar-refractivity contribution in [2.24, 2.45) is 0 Å². The van der Waals surface area contributed by atoms with Crippen molar-refractivity contribution in [1.82, 2.24) is 5.32 Å². The summed E-state index contributed by atoms with van der Waals surface area (Å²) in [4.78, 5) is 0. The van der Waals surface area contributed by atoms with Gasteiger partial charge < -0.3 is 5.32 Å². The van der Waals surface area contributed by atoms with E-state index in [0.717, 1.165) is 5.70 Å². The van der Waals surface area contributed by atoms with Crippen molar-refractivity contribution in [3.05, 3.63) is 153 Å². The highest BCUT2D eigenvalue weighted by Gasteiger charge is 2.36. The van der Waals surface area contributed by atoms with Gasteiger partial charge in [-0.2, -0.15) is 0 Å². The minimum atomic E-state index is 1.14. The van der Waals surface area contributed by atoms with Crippen LogP contribution in [-0.2, 0) is 0 Å². The molecule has 153 valence electrons. The number of hydrogen-bond acceptors (Lipinski definition) is 1. The standard InChI is InChI=1S/C31H24N/c1-20-18-27-23(22-10-5-3-6-11-22)12-9-13-25(27)30(20)31-21(2)19-28-24(15-16-26(28)31)29-14-7-4-8-17-32-29/h3-19,32H,1-2H3. The molecule has 4 aliphatic rings. The van der Waals surface area contributed by atoms with Crippen molar-refractivity contribution in [2.75, 3.05) is 0 Å². The Hall–Kier alpha value is -3.84. The van der Waals surface area contributed by atoms with Gasteiger partial charge >= 0.3 is 0 Å². The maximum atomic E-state index is 3.42. The molecule has 6 rings (SSSR count). The lowest BCUT2D eigenvalue weighted by Gasteiger charge is -2.20. The van der Waals surface area contributed by atoms with Crippen molar-refractivity contribution in [2.45, 2.75) is 13.8 Å². The largest absolute Gasteiger partial charge is 0.361 e. The molecule has 0 unspecified atom stereocenters. The Bertz CT molecular complexity index is 1380. The van der Waals surface area contributed by atoms with E-state index in [1.54, 1.807) is 0 Å². The number of benzene rings is 2. The summed E-state index contributed by atoms with van der Waals surface area (Å²) in [6.07, 6.45) is 19.5. The van der Waals surface area contributed by atoms with Gasteiger partial charge in [0, 0.05) is 17.5 Å². The normalized spacial score (nSPS) is 19.0. The van der Waals surface area contributed by atoms with Gasteiger partial charge in [0.15, 0.2) is 0 Å². The van der Waals surface area contributed by atoms with E-state index in [9.17, 15) is 0 Å². The molecule has 1 aliphatic heterocycles. The quantitative estimate of drug-likeness (QED) is 0.557. The highest BCUT2D eigenvalue weighted by atomic mass is 14.9. The molecule has 32 heavy (non-hydrogen) atoms. The van der Waals surface area contributed by atoms with Crippen LogP contribution in [0.15, 0.2) is 136 Å². The van der Waals surface area contributed by atoms with Crippen LogP contribution in [0.3, 0.4) is 0 Å². The van der Waals surface area contributed by atoms with Gasteiger partial charge in [-0.05, 0) is 70.5 Å². The van der Waals surface area contributed by atoms with Gasteiger partial charge in [-0.3, -0.25) is 0 Å². The van der Waals surface area contributed by atoms with Gasteiger partial charge in [0.05, 0.1) is 5.92 Å². The molecule has 1 heterocycles. The Morgan fingerprint density at radius 2 is 1.47 bits per heavy atom. The third-order valence-corrected chi connectivity index (χ3v) is 6.60. The van der Waals surface area contributed by atoms with Gasteiger partial charge in [0.25, 0.3) is 0 Å². The minimum absolute atomic E-state index is 1.14. The van der Waals surface area contributed by atoms with Crippen LogP contribution in [0.5, 0.6) is 0 Å². The molecule has 0 spiro atoms. The molecule has 0 saturated heterocycles. The zero-order valence-corrected chi connectivity index (χ0v) is 18.3. The summed E-state index contributed by atoms with van der Waals surface area (Å²) in [6.45, 7) is 4.49. The fourth-order valence-electron chi connectivity index (χ4n) is 5.20. The van der Waals surface area contributed by atoms with Crippen LogP contribution in [0, 0.1) is 5.92 Å². The number of fused-ring (bicyclic) bond motifs is 2. The minimum Gasteiger partial charge on any atom is -0.361 e. The van der Waals surface area contributed by atoms with Crippen LogP contribution in [0.1, 0.15) is 25.0 Å². The molecule has 0 aromatic heterocycles. The molecule has 1 heteroatoms. The zero-order valence-electron chi connectivity index (χ0n) is 18.3. The molecule has 0 amide bonds. The van der Waals surface area contributed by atoms with Crippen LogP contribution < -0.4 is 5.32 Å². The molecule has 1 radical (unpaired) electrons. The van der Waals surface area contributed by atoms with E-state index < -0.39 is 0 Å². The molecule has 0 fully saturated rings. The monoisotopic (exact) mass is 410 g/mol. The molecule has 0 bridgehead atoms. The Morgan fingerprint density at radius 1 is 0.656 bits per heavy atom. The number of allylic oxidation sites excluding steroid dienone is 12. The van der Waals surface area contributed by atoms with E-state index >= 15 is 0 Å². The van der Waals surface area contributed by atoms with E-state index in [0.29, 0.717) is 0 Å². The summed E-state index contributed by atoms with van der Waals surface area (Å²) < 4.78 is 0. The molecular weight excluding hydrogens is 386 g/mol. The van der Waals surface area contributed by atoms with Crippen molar-refractivity contribution < 1.29 is 0 Å². The topological polar surface area (TPSA) is 12.0 Å². The highest BCUT2D eigenvalue weighted by molar-refractivity contribution is 5.90. The SMILES string of the molecule is CC1=Cc2c(cccc2-c2ccccc2)[C]1C1=C(C)C=C2C(C3=CC=CC=CN3)=CC=C21. The summed E-state index contributed by atoms with van der Waals surface area (Å²) in [5, 5.41) is 3.42. The number of rotatable bonds is 3. The van der Waals surface area contributed by atoms with Crippen molar-refractivity contribution in [3.8, 4) is 11.1 Å². The maximum Gasteiger partial charge on any atom is 0.0601 e. The summed E-state index contributed by atoms with van der Waals surface area (Å²) in [5.74, 6) is 1.37. The van der Waals surface area contributed by atoms with Gasteiger partial charge in [0.2, 0.25) is 0 Å². The van der Waals surface area contributed by atoms with Gasteiger partial charge in [-0.25, -0.2) is 0 Å². The van der Waals surface area contributed by atoms with Crippen molar-refractivity contribution >= 4 is 6.08 Å². The Labute approximate surface area is 189 Å². The first-order valence-corrected chi connectivity index (χ1v) is 11.1. The third kappa shape index (κ3) is 2.85. The zero-order chi connectivity index (χ0) is 21.7. The predicted molar refractivity (Wildman–Crippen MR) is 134 cm³/mol. The molecule has 0 atom stereocenters. The van der Waals surface area contributed by atoms with Crippen LogP contribution >= 0.6 is 0 Å². The first-order chi connectivity index (χ1) is 15.7. The lowest BCUT2D eigenvalue weighted by Crippen LogP contribution is -2.09. The second-order valence-corrected chi connectivity index (χ2v) is 8.58. The highest BCUT2D eigenvalue weighted by Crippen LogP contribution is 2.52. The summed E-state index contributed by atoms with van der Waals surface area (Å²) >= 11 is 0. The summed E-state index contributed by atoms with van der Waals surface area (Å²) in [6, 6.07) is 17.4. The van der Waals surface area contributed by atoms with E-state index in [-0.39, 0.29) is 0 Å². The third-order valence-electron chi connectivity index (χ3n) is 6.60. The van der Waals surface area contributed by atoms with Crippen LogP contribution in [0.2, 0.25) is 0 Å². The number of hydrogen-bond donors (Lipinski definition) is 1. The molecule has 0 saturated carbocycles. The van der Waals surface area contributed by atoms with Gasteiger partial charge in [-0.15, -0.1) is 0 Å². The average molecular weight is 411 g/mol. The van der Waals surface area contributed by atoms with Gasteiger partial charge in [-0.1, -0.05) is 90.6 Å². The van der Waals surface area contributed by atoms with Crippen molar-refractivity contribution in [3.63, 3.8) is 0 Å². The summed E-state index contributed by atoms with van der Waals surface area (Å²) in [5.41, 5.74) is 14.3. The molecule has 2 aromatic carbocycles. The Kier molecular flexibility index (Phi) is 4.36. The lowest BCUT2D eigenvalue weighted by molar-refractivity contribution is 1.08. The van der Waals surface area contributed by atoms with Crippen LogP contribution in [0.4, 0.5) is 0 Å². The van der Waals surface area contributed by atoms with Crippen molar-refractivity contribution in [1.29, 1.82) is 0 Å². The first kappa shape index (κ1) is 18.9. The van der Waals surface area contributed by atoms with E-state index in [1.807, 2.05) is 18.4 Å². The molecule has 3 aliphatic carbocycles. The molecule has 1 N–H and O–H groups in total. The smallest absolute Gasteiger partial charge is 0.0601 e.